The molecule has 0 atom stereocenters. The van der Waals surface area contributed by atoms with Crippen molar-refractivity contribution >= 4 is 22.8 Å². The van der Waals surface area contributed by atoms with Crippen LogP contribution in [0.4, 0.5) is 9.93 Å². The lowest BCUT2D eigenvalue weighted by Gasteiger charge is -2.32. The van der Waals surface area contributed by atoms with E-state index in [0.29, 0.717) is 0 Å². The lowest BCUT2D eigenvalue weighted by molar-refractivity contribution is 0.0497. The van der Waals surface area contributed by atoms with Gasteiger partial charge in [-0.1, -0.05) is 13.8 Å². The van der Waals surface area contributed by atoms with Gasteiger partial charge in [-0.2, -0.15) is 4.37 Å². The normalized spacial score (nSPS) is 15.8. The number of nitrogens with one attached hydrogen (secondary N) is 1. The zero-order valence-electron chi connectivity index (χ0n) is 14.5. The second kappa shape index (κ2) is 8.31. The smallest absolute Gasteiger partial charge is 0.407 e. The number of amides is 1. The van der Waals surface area contributed by atoms with E-state index in [4.69, 9.17) is 4.74 Å². The third-order valence-corrected chi connectivity index (χ3v) is 3.87. The van der Waals surface area contributed by atoms with Gasteiger partial charge in [-0.3, -0.25) is 0 Å². The first-order valence-corrected chi connectivity index (χ1v) is 8.65. The van der Waals surface area contributed by atoms with Crippen LogP contribution in [0.2, 0.25) is 0 Å². The molecular weight excluding hydrogens is 300 g/mol. The Bertz CT molecular complexity index is 462. The van der Waals surface area contributed by atoms with E-state index < -0.39 is 5.60 Å². The van der Waals surface area contributed by atoms with Crippen molar-refractivity contribution in [1.82, 2.24) is 14.7 Å². The number of rotatable bonds is 2. The van der Waals surface area contributed by atoms with Gasteiger partial charge in [0.2, 0.25) is 5.13 Å². The number of nitrogens with zero attached hydrogens (tertiary/aromatic N) is 3. The van der Waals surface area contributed by atoms with Gasteiger partial charge in [0, 0.05) is 30.7 Å². The average Bonchev–Trinajstić information content (AvgIpc) is 2.86. The number of carbonyl (C=O) groups excluding carboxylic acids is 1. The number of anilines is 1. The lowest BCUT2D eigenvalue weighted by Crippen LogP contribution is -2.46. The highest BCUT2D eigenvalue weighted by atomic mass is 32.1. The molecule has 0 radical (unpaired) electrons. The average molecular weight is 328 g/mol. The van der Waals surface area contributed by atoms with Crippen molar-refractivity contribution in [1.29, 1.82) is 0 Å². The van der Waals surface area contributed by atoms with Crippen molar-refractivity contribution in [3.05, 3.63) is 5.82 Å². The third kappa shape index (κ3) is 6.17. The molecule has 0 unspecified atom stereocenters. The van der Waals surface area contributed by atoms with Crippen LogP contribution in [0.1, 0.15) is 53.3 Å². The van der Waals surface area contributed by atoms with Crippen molar-refractivity contribution in [2.24, 2.45) is 0 Å². The Morgan fingerprint density at radius 2 is 1.91 bits per heavy atom. The zero-order chi connectivity index (χ0) is 16.8. The molecule has 22 heavy (non-hydrogen) atoms. The number of alkyl carbamates (subject to hydrolysis) is 1. The molecule has 0 aliphatic carbocycles. The van der Waals surface area contributed by atoms with Crippen molar-refractivity contribution in [3.8, 4) is 0 Å². The van der Waals surface area contributed by atoms with E-state index in [1.807, 2.05) is 41.5 Å². The quantitative estimate of drug-likeness (QED) is 0.901. The van der Waals surface area contributed by atoms with Gasteiger partial charge in [-0.25, -0.2) is 9.78 Å². The molecule has 6 nitrogen and oxygen atoms in total. The van der Waals surface area contributed by atoms with E-state index in [1.165, 1.54) is 11.5 Å². The van der Waals surface area contributed by atoms with Crippen LogP contribution in [0.3, 0.4) is 0 Å². The molecule has 1 aromatic rings. The Balaban J connectivity index is 0.00000116. The molecule has 2 rings (SSSR count). The second-order valence-electron chi connectivity index (χ2n) is 6.03. The Morgan fingerprint density at radius 1 is 1.32 bits per heavy atom. The summed E-state index contributed by atoms with van der Waals surface area (Å²) >= 11 is 1.43. The van der Waals surface area contributed by atoms with E-state index in [1.54, 1.807) is 0 Å². The molecule has 1 aromatic heterocycles. The third-order valence-electron chi connectivity index (χ3n) is 3.00. The first kappa shape index (κ1) is 18.7. The molecule has 1 saturated heterocycles. The van der Waals surface area contributed by atoms with Crippen molar-refractivity contribution in [2.75, 3.05) is 18.0 Å². The topological polar surface area (TPSA) is 67.4 Å². The standard InChI is InChI=1S/C13H22N4O2S.C2H6/c1-9-14-11(20-16-9)17-7-5-10(6-8-17)15-12(18)19-13(2,3)4;1-2/h10H,5-8H2,1-4H3,(H,15,18);1-2H3. The lowest BCUT2D eigenvalue weighted by atomic mass is 10.1. The summed E-state index contributed by atoms with van der Waals surface area (Å²) < 4.78 is 9.47. The van der Waals surface area contributed by atoms with E-state index in [0.717, 1.165) is 36.9 Å². The molecule has 0 saturated carbocycles. The number of hydrogen-bond acceptors (Lipinski definition) is 6. The number of piperidine rings is 1. The minimum absolute atomic E-state index is 0.176. The largest absolute Gasteiger partial charge is 0.444 e. The fourth-order valence-electron chi connectivity index (χ4n) is 2.10. The molecule has 0 bridgehead atoms. The highest BCUT2D eigenvalue weighted by Crippen LogP contribution is 2.21. The van der Waals surface area contributed by atoms with Crippen LogP contribution < -0.4 is 10.2 Å². The van der Waals surface area contributed by atoms with Crippen LogP contribution >= 0.6 is 11.5 Å². The summed E-state index contributed by atoms with van der Waals surface area (Å²) in [6.45, 7) is 13.3. The summed E-state index contributed by atoms with van der Waals surface area (Å²) in [6, 6.07) is 0.176. The molecule has 1 amide bonds. The van der Waals surface area contributed by atoms with Crippen LogP contribution in [-0.4, -0.2) is 40.2 Å². The van der Waals surface area contributed by atoms with Crippen LogP contribution in [-0.2, 0) is 4.74 Å². The number of aromatic nitrogens is 2. The maximum atomic E-state index is 11.7. The van der Waals surface area contributed by atoms with E-state index >= 15 is 0 Å². The van der Waals surface area contributed by atoms with Crippen LogP contribution in [0, 0.1) is 6.92 Å². The molecule has 2 heterocycles. The monoisotopic (exact) mass is 328 g/mol. The minimum atomic E-state index is -0.450. The summed E-state index contributed by atoms with van der Waals surface area (Å²) in [5, 5.41) is 3.90. The van der Waals surface area contributed by atoms with Crippen molar-refractivity contribution < 1.29 is 9.53 Å². The van der Waals surface area contributed by atoms with E-state index in [2.05, 4.69) is 19.6 Å². The van der Waals surface area contributed by atoms with Gasteiger partial charge >= 0.3 is 6.09 Å². The first-order valence-electron chi connectivity index (χ1n) is 7.88. The van der Waals surface area contributed by atoms with Gasteiger partial charge in [0.05, 0.1) is 0 Å². The van der Waals surface area contributed by atoms with Gasteiger partial charge in [0.15, 0.2) is 0 Å². The minimum Gasteiger partial charge on any atom is -0.444 e. The second-order valence-corrected chi connectivity index (χ2v) is 6.76. The fourth-order valence-corrected chi connectivity index (χ4v) is 2.83. The predicted molar refractivity (Wildman–Crippen MR) is 90.6 cm³/mol. The Morgan fingerprint density at radius 3 is 2.36 bits per heavy atom. The Labute approximate surface area is 137 Å². The SMILES string of the molecule is CC.Cc1nsc(N2CCC(NC(=O)OC(C)(C)C)CC2)n1. The summed E-state index contributed by atoms with van der Waals surface area (Å²) in [5.41, 5.74) is -0.450. The first-order chi connectivity index (χ1) is 10.3. The molecule has 0 spiro atoms. The van der Waals surface area contributed by atoms with E-state index in [9.17, 15) is 4.79 Å². The zero-order valence-corrected chi connectivity index (χ0v) is 15.3. The molecular formula is C15H28N4O2S. The highest BCUT2D eigenvalue weighted by Gasteiger charge is 2.24. The molecule has 7 heteroatoms. The predicted octanol–water partition coefficient (Wildman–Crippen LogP) is 3.37. The molecule has 1 aliphatic heterocycles. The summed E-state index contributed by atoms with van der Waals surface area (Å²) in [4.78, 5) is 18.3. The van der Waals surface area contributed by atoms with Gasteiger partial charge in [0.25, 0.3) is 0 Å². The maximum Gasteiger partial charge on any atom is 0.407 e. The van der Waals surface area contributed by atoms with Gasteiger partial charge in [-0.05, 0) is 40.5 Å². The van der Waals surface area contributed by atoms with Crippen molar-refractivity contribution in [3.63, 3.8) is 0 Å². The van der Waals surface area contributed by atoms with Crippen LogP contribution in [0.5, 0.6) is 0 Å². The summed E-state index contributed by atoms with van der Waals surface area (Å²) in [5.74, 6) is 0.819. The van der Waals surface area contributed by atoms with E-state index in [-0.39, 0.29) is 12.1 Å². The van der Waals surface area contributed by atoms with Crippen molar-refractivity contribution in [2.45, 2.75) is 66.0 Å². The number of hydrogen-bond donors (Lipinski definition) is 1. The molecule has 1 N–H and O–H groups in total. The molecule has 1 fully saturated rings. The van der Waals surface area contributed by atoms with Crippen LogP contribution in [0.25, 0.3) is 0 Å². The molecule has 0 aromatic carbocycles. The molecule has 1 aliphatic rings. The molecule has 126 valence electrons. The summed E-state index contributed by atoms with van der Waals surface area (Å²) in [7, 11) is 0. The fraction of sp³-hybridized carbons (Fsp3) is 0.800. The van der Waals surface area contributed by atoms with Gasteiger partial charge < -0.3 is 15.0 Å². The number of carbonyl (C=O) groups is 1. The Hall–Kier alpha value is -1.37. The maximum absolute atomic E-state index is 11.7. The summed E-state index contributed by atoms with van der Waals surface area (Å²) in [6.07, 6.45) is 1.47. The Kier molecular flexibility index (Phi) is 7.06. The highest BCUT2D eigenvalue weighted by molar-refractivity contribution is 7.09. The van der Waals surface area contributed by atoms with Crippen LogP contribution in [0.15, 0.2) is 0 Å². The van der Waals surface area contributed by atoms with Gasteiger partial charge in [0.1, 0.15) is 11.4 Å². The van der Waals surface area contributed by atoms with Gasteiger partial charge in [-0.15, -0.1) is 0 Å². The number of ether oxygens (including phenoxy) is 1. The number of aryl methyl sites for hydroxylation is 1.